The Labute approximate surface area is 116 Å². The minimum Gasteiger partial charge on any atom is -0.466 e. The van der Waals surface area contributed by atoms with Crippen molar-refractivity contribution in [1.29, 1.82) is 0 Å². The Hall–Kier alpha value is -1.05. The second kappa shape index (κ2) is 4.50. The van der Waals surface area contributed by atoms with Crippen LogP contribution < -0.4 is 0 Å². The highest BCUT2D eigenvalue weighted by Gasteiger charge is 2.69. The van der Waals surface area contributed by atoms with Crippen molar-refractivity contribution in [2.45, 2.75) is 48.0 Å². The molecular weight excluding hydrogens is 236 g/mol. The highest BCUT2D eigenvalue weighted by molar-refractivity contribution is 5.80. The Morgan fingerprint density at radius 3 is 2.47 bits per heavy atom. The smallest absolute Gasteiger partial charge is 0.312 e. The molecule has 0 saturated heterocycles. The predicted molar refractivity (Wildman–Crippen MR) is 77.6 cm³/mol. The maximum atomic E-state index is 12.5. The van der Waals surface area contributed by atoms with Crippen LogP contribution in [0.3, 0.4) is 0 Å². The molecule has 0 amide bonds. The summed E-state index contributed by atoms with van der Waals surface area (Å²) >= 11 is 0. The predicted octanol–water partition coefficient (Wildman–Crippen LogP) is 4.12. The quantitative estimate of drug-likeness (QED) is 0.715. The molecule has 4 atom stereocenters. The first kappa shape index (κ1) is 14.4. The second-order valence-corrected chi connectivity index (χ2v) is 6.54. The van der Waals surface area contributed by atoms with Gasteiger partial charge in [-0.1, -0.05) is 43.6 Å². The topological polar surface area (TPSA) is 26.3 Å². The van der Waals surface area contributed by atoms with Crippen molar-refractivity contribution in [3.63, 3.8) is 0 Å². The standard InChI is InChI=1S/C17H26O2/c1-7-13-16(5)10-11(3)9-12(4)14(16)17(13,6)15(18)19-8-2/h9-10,13-14H,7-8H2,1-6H3/t13-,14-,16-,17-/m1/s1. The third-order valence-corrected chi connectivity index (χ3v) is 5.27. The average molecular weight is 262 g/mol. The summed E-state index contributed by atoms with van der Waals surface area (Å²) in [6.07, 6.45) is 5.59. The number of fused-ring (bicyclic) bond motifs is 1. The molecule has 0 N–H and O–H groups in total. The van der Waals surface area contributed by atoms with E-state index in [0.717, 1.165) is 6.42 Å². The van der Waals surface area contributed by atoms with E-state index in [1.165, 1.54) is 11.1 Å². The maximum absolute atomic E-state index is 12.5. The zero-order chi connectivity index (χ0) is 14.4. The molecule has 0 radical (unpaired) electrons. The second-order valence-electron chi connectivity index (χ2n) is 6.54. The van der Waals surface area contributed by atoms with E-state index in [4.69, 9.17) is 4.74 Å². The van der Waals surface area contributed by atoms with Gasteiger partial charge in [0.15, 0.2) is 0 Å². The van der Waals surface area contributed by atoms with Crippen LogP contribution in [0.25, 0.3) is 0 Å². The van der Waals surface area contributed by atoms with Gasteiger partial charge in [-0.25, -0.2) is 0 Å². The monoisotopic (exact) mass is 262 g/mol. The molecule has 0 aromatic rings. The van der Waals surface area contributed by atoms with Gasteiger partial charge in [0, 0.05) is 5.92 Å². The Balaban J connectivity index is 2.44. The Morgan fingerprint density at radius 2 is 1.95 bits per heavy atom. The van der Waals surface area contributed by atoms with Gasteiger partial charge >= 0.3 is 5.97 Å². The van der Waals surface area contributed by atoms with Crippen LogP contribution in [0.15, 0.2) is 23.3 Å². The number of carbonyl (C=O) groups is 1. The van der Waals surface area contributed by atoms with Crippen molar-refractivity contribution in [2.24, 2.45) is 22.7 Å². The zero-order valence-corrected chi connectivity index (χ0v) is 13.0. The summed E-state index contributed by atoms with van der Waals surface area (Å²) in [4.78, 5) is 12.5. The van der Waals surface area contributed by atoms with Crippen molar-refractivity contribution in [2.75, 3.05) is 6.61 Å². The zero-order valence-electron chi connectivity index (χ0n) is 13.0. The fourth-order valence-corrected chi connectivity index (χ4v) is 5.13. The number of allylic oxidation sites excluding steroid dienone is 4. The molecule has 2 aliphatic carbocycles. The van der Waals surface area contributed by atoms with Gasteiger partial charge in [-0.2, -0.15) is 0 Å². The summed E-state index contributed by atoms with van der Waals surface area (Å²) in [6, 6.07) is 0. The molecule has 0 aliphatic heterocycles. The van der Waals surface area contributed by atoms with Crippen LogP contribution in [-0.2, 0) is 9.53 Å². The van der Waals surface area contributed by atoms with E-state index in [1.807, 2.05) is 6.92 Å². The molecule has 0 heterocycles. The van der Waals surface area contributed by atoms with Crippen LogP contribution >= 0.6 is 0 Å². The van der Waals surface area contributed by atoms with Crippen LogP contribution in [0.4, 0.5) is 0 Å². The maximum Gasteiger partial charge on any atom is 0.312 e. The van der Waals surface area contributed by atoms with Gasteiger partial charge in [0.1, 0.15) is 0 Å². The molecule has 0 bridgehead atoms. The first-order valence-corrected chi connectivity index (χ1v) is 7.37. The van der Waals surface area contributed by atoms with E-state index in [0.29, 0.717) is 12.5 Å². The van der Waals surface area contributed by atoms with E-state index < -0.39 is 0 Å². The summed E-state index contributed by atoms with van der Waals surface area (Å²) < 4.78 is 5.36. The molecule has 2 aliphatic rings. The largest absolute Gasteiger partial charge is 0.466 e. The lowest BCUT2D eigenvalue weighted by atomic mass is 9.37. The molecule has 106 valence electrons. The molecule has 2 nitrogen and oxygen atoms in total. The Morgan fingerprint density at radius 1 is 1.32 bits per heavy atom. The summed E-state index contributed by atoms with van der Waals surface area (Å²) in [5.74, 6) is 0.625. The van der Waals surface area contributed by atoms with E-state index in [9.17, 15) is 4.79 Å². The number of carbonyl (C=O) groups excluding carboxylic acids is 1. The number of esters is 1. The lowest BCUT2D eigenvalue weighted by Crippen LogP contribution is -2.66. The molecule has 2 rings (SSSR count). The molecular formula is C17H26O2. The normalized spacial score (nSPS) is 40.7. The molecule has 0 aromatic carbocycles. The van der Waals surface area contributed by atoms with Crippen LogP contribution in [0.1, 0.15) is 48.0 Å². The third kappa shape index (κ3) is 1.72. The Kier molecular flexibility index (Phi) is 3.40. The minimum absolute atomic E-state index is 0.0231. The van der Waals surface area contributed by atoms with Gasteiger partial charge in [0.05, 0.1) is 12.0 Å². The van der Waals surface area contributed by atoms with Crippen LogP contribution in [0, 0.1) is 22.7 Å². The van der Waals surface area contributed by atoms with Crippen molar-refractivity contribution < 1.29 is 9.53 Å². The molecule has 1 saturated carbocycles. The van der Waals surface area contributed by atoms with Crippen LogP contribution in [0.2, 0.25) is 0 Å². The van der Waals surface area contributed by atoms with E-state index in [1.54, 1.807) is 0 Å². The fourth-order valence-electron chi connectivity index (χ4n) is 5.13. The van der Waals surface area contributed by atoms with E-state index in [2.05, 4.69) is 46.8 Å². The van der Waals surface area contributed by atoms with Gasteiger partial charge in [0.25, 0.3) is 0 Å². The lowest BCUT2D eigenvalue weighted by Gasteiger charge is -2.65. The molecule has 0 spiro atoms. The summed E-state index contributed by atoms with van der Waals surface area (Å²) in [7, 11) is 0. The fraction of sp³-hybridized carbons (Fsp3) is 0.706. The molecule has 19 heavy (non-hydrogen) atoms. The highest BCUT2D eigenvalue weighted by Crippen LogP contribution is 2.69. The number of hydrogen-bond acceptors (Lipinski definition) is 2. The Bertz CT molecular complexity index is 460. The number of ether oxygens (including phenoxy) is 1. The van der Waals surface area contributed by atoms with Crippen molar-refractivity contribution in [1.82, 2.24) is 0 Å². The number of rotatable bonds is 3. The van der Waals surface area contributed by atoms with Gasteiger partial charge in [-0.05, 0) is 39.0 Å². The van der Waals surface area contributed by atoms with Crippen molar-refractivity contribution in [3.05, 3.63) is 23.3 Å². The third-order valence-electron chi connectivity index (χ3n) is 5.27. The van der Waals surface area contributed by atoms with Gasteiger partial charge in [-0.15, -0.1) is 0 Å². The first-order valence-electron chi connectivity index (χ1n) is 7.37. The molecule has 0 aromatic heterocycles. The van der Waals surface area contributed by atoms with E-state index in [-0.39, 0.29) is 22.7 Å². The minimum atomic E-state index is -0.364. The number of hydrogen-bond donors (Lipinski definition) is 0. The van der Waals surface area contributed by atoms with Gasteiger partial charge in [0.2, 0.25) is 0 Å². The van der Waals surface area contributed by atoms with Crippen molar-refractivity contribution in [3.8, 4) is 0 Å². The summed E-state index contributed by atoms with van der Waals surface area (Å²) in [6.45, 7) is 13.2. The SMILES string of the molecule is CCOC(=O)[C@]1(C)[C@H](CC)[C@@]2(C)C=C(C)C=C(C)[C@H]21. The highest BCUT2D eigenvalue weighted by atomic mass is 16.5. The van der Waals surface area contributed by atoms with Crippen molar-refractivity contribution >= 4 is 5.97 Å². The van der Waals surface area contributed by atoms with Crippen LogP contribution in [0.5, 0.6) is 0 Å². The molecule has 2 heteroatoms. The average Bonchev–Trinajstić information content (AvgIpc) is 2.27. The van der Waals surface area contributed by atoms with Crippen LogP contribution in [-0.4, -0.2) is 12.6 Å². The molecule has 0 unspecified atom stereocenters. The first-order chi connectivity index (χ1) is 8.82. The van der Waals surface area contributed by atoms with E-state index >= 15 is 0 Å². The summed E-state index contributed by atoms with van der Waals surface area (Å²) in [5.41, 5.74) is 2.39. The lowest BCUT2D eigenvalue weighted by molar-refractivity contribution is -0.196. The van der Waals surface area contributed by atoms with Gasteiger partial charge in [-0.3, -0.25) is 4.79 Å². The van der Waals surface area contributed by atoms with Gasteiger partial charge < -0.3 is 4.74 Å². The summed E-state index contributed by atoms with van der Waals surface area (Å²) in [5, 5.41) is 0. The molecule has 1 fully saturated rings.